The van der Waals surface area contributed by atoms with Crippen LogP contribution in [0.4, 0.5) is 0 Å². The Kier molecular flexibility index (Phi) is 5.86. The molecule has 26 heavy (non-hydrogen) atoms. The maximum atomic E-state index is 12.4. The number of rotatable bonds is 7. The molecule has 2 unspecified atom stereocenters. The third-order valence-electron chi connectivity index (χ3n) is 5.36. The summed E-state index contributed by atoms with van der Waals surface area (Å²) in [5.41, 5.74) is 2.18. The molecular formula is C21H27N3O2. The highest BCUT2D eigenvalue weighted by Gasteiger charge is 2.24. The number of carbonyl (C=O) groups is 2. The van der Waals surface area contributed by atoms with Crippen LogP contribution in [0.2, 0.25) is 0 Å². The van der Waals surface area contributed by atoms with Gasteiger partial charge in [0.15, 0.2) is 0 Å². The predicted octanol–water partition coefficient (Wildman–Crippen LogP) is 3.02. The van der Waals surface area contributed by atoms with Crippen LogP contribution in [-0.2, 0) is 22.6 Å². The first kappa shape index (κ1) is 18.4. The molecule has 0 radical (unpaired) electrons. The van der Waals surface area contributed by atoms with Crippen LogP contribution in [0.15, 0.2) is 36.7 Å². The Morgan fingerprint density at radius 2 is 2.12 bits per heavy atom. The Morgan fingerprint density at radius 3 is 2.73 bits per heavy atom. The Hall–Kier alpha value is -2.43. The Balaban J connectivity index is 1.50. The van der Waals surface area contributed by atoms with E-state index in [1.54, 1.807) is 6.20 Å². The van der Waals surface area contributed by atoms with Crippen molar-refractivity contribution in [2.75, 3.05) is 6.54 Å². The summed E-state index contributed by atoms with van der Waals surface area (Å²) in [7, 11) is 0. The topological polar surface area (TPSA) is 64.0 Å². The van der Waals surface area contributed by atoms with Crippen LogP contribution in [0, 0.1) is 12.8 Å². The largest absolute Gasteiger partial charge is 0.354 e. The number of amides is 1. The fraction of sp³-hybridized carbons (Fsp3) is 0.476. The summed E-state index contributed by atoms with van der Waals surface area (Å²) in [5, 5.41) is 2.99. The zero-order chi connectivity index (χ0) is 18.5. The molecule has 1 amide bonds. The quantitative estimate of drug-likeness (QED) is 0.832. The molecule has 1 fully saturated rings. The second-order valence-corrected chi connectivity index (χ2v) is 7.18. The number of ketones is 1. The fourth-order valence-corrected chi connectivity index (χ4v) is 3.57. The number of nitrogens with one attached hydrogen (secondary N) is 1. The van der Waals surface area contributed by atoms with Gasteiger partial charge in [-0.1, -0.05) is 24.3 Å². The average Bonchev–Trinajstić information content (AvgIpc) is 3.23. The minimum absolute atomic E-state index is 0.0292. The molecule has 0 aliphatic heterocycles. The summed E-state index contributed by atoms with van der Waals surface area (Å²) in [4.78, 5) is 28.3. The van der Waals surface area contributed by atoms with Gasteiger partial charge in [-0.2, -0.15) is 0 Å². The third-order valence-corrected chi connectivity index (χ3v) is 5.36. The van der Waals surface area contributed by atoms with Gasteiger partial charge in [0, 0.05) is 37.8 Å². The first-order valence-electron chi connectivity index (χ1n) is 9.41. The lowest BCUT2D eigenvalue weighted by Gasteiger charge is -2.14. The molecule has 2 atom stereocenters. The van der Waals surface area contributed by atoms with Crippen LogP contribution in [0.25, 0.3) is 0 Å². The smallest absolute Gasteiger partial charge is 0.227 e. The van der Waals surface area contributed by atoms with Gasteiger partial charge >= 0.3 is 0 Å². The number of nitrogens with zero attached hydrogens (tertiary/aromatic N) is 2. The van der Waals surface area contributed by atoms with Crippen molar-refractivity contribution in [1.29, 1.82) is 0 Å². The van der Waals surface area contributed by atoms with E-state index in [4.69, 9.17) is 0 Å². The summed E-state index contributed by atoms with van der Waals surface area (Å²) in [5.74, 6) is 1.37. The standard InChI is InChI=1S/C21H27N3O2/c1-15(21(26)23-11-13-24-12-10-22-16(24)2)18-8-6-17(7-9-18)14-19-4-3-5-20(19)25/h6-10,12,15,19H,3-5,11,13-14H2,1-2H3,(H,23,26). The first-order valence-corrected chi connectivity index (χ1v) is 9.41. The third kappa shape index (κ3) is 4.40. The van der Waals surface area contributed by atoms with Crippen molar-refractivity contribution in [3.05, 3.63) is 53.6 Å². The molecule has 1 aliphatic carbocycles. The normalized spacial score (nSPS) is 18.1. The summed E-state index contributed by atoms with van der Waals surface area (Å²) in [6.07, 6.45) is 7.27. The van der Waals surface area contributed by atoms with Crippen LogP contribution in [0.3, 0.4) is 0 Å². The predicted molar refractivity (Wildman–Crippen MR) is 101 cm³/mol. The van der Waals surface area contributed by atoms with Crippen molar-refractivity contribution in [2.45, 2.75) is 52.0 Å². The molecule has 1 aromatic carbocycles. The van der Waals surface area contributed by atoms with Gasteiger partial charge in [0.1, 0.15) is 11.6 Å². The van der Waals surface area contributed by atoms with Gasteiger partial charge < -0.3 is 9.88 Å². The second kappa shape index (κ2) is 8.30. The van der Waals surface area contributed by atoms with Crippen LogP contribution in [0.1, 0.15) is 49.1 Å². The average molecular weight is 353 g/mol. The number of imidazole rings is 1. The summed E-state index contributed by atoms with van der Waals surface area (Å²) in [6, 6.07) is 8.14. The first-order chi connectivity index (χ1) is 12.5. The SMILES string of the molecule is Cc1nccn1CCNC(=O)C(C)c1ccc(CC2CCCC2=O)cc1. The number of carbonyl (C=O) groups excluding carboxylic acids is 2. The lowest BCUT2D eigenvalue weighted by Crippen LogP contribution is -2.31. The maximum Gasteiger partial charge on any atom is 0.227 e. The van der Waals surface area contributed by atoms with Gasteiger partial charge in [-0.15, -0.1) is 0 Å². The van der Waals surface area contributed by atoms with Crippen molar-refractivity contribution >= 4 is 11.7 Å². The number of Topliss-reactive ketones (excluding diaryl/α,β-unsaturated/α-hetero) is 1. The van der Waals surface area contributed by atoms with Crippen LogP contribution >= 0.6 is 0 Å². The summed E-state index contributed by atoms with van der Waals surface area (Å²) < 4.78 is 2.02. The van der Waals surface area contributed by atoms with E-state index in [-0.39, 0.29) is 17.7 Å². The number of benzene rings is 1. The van der Waals surface area contributed by atoms with E-state index in [2.05, 4.69) is 22.4 Å². The van der Waals surface area contributed by atoms with E-state index in [0.717, 1.165) is 43.6 Å². The van der Waals surface area contributed by atoms with Crippen molar-refractivity contribution in [3.8, 4) is 0 Å². The molecule has 0 bridgehead atoms. The minimum Gasteiger partial charge on any atom is -0.354 e. The fourth-order valence-electron chi connectivity index (χ4n) is 3.57. The van der Waals surface area contributed by atoms with Gasteiger partial charge in [0.2, 0.25) is 5.91 Å². The lowest BCUT2D eigenvalue weighted by molar-refractivity contribution is -0.122. The van der Waals surface area contributed by atoms with Crippen LogP contribution < -0.4 is 5.32 Å². The molecule has 0 saturated heterocycles. The summed E-state index contributed by atoms with van der Waals surface area (Å²) in [6.45, 7) is 5.18. The zero-order valence-electron chi connectivity index (χ0n) is 15.6. The van der Waals surface area contributed by atoms with Gasteiger partial charge in [-0.05, 0) is 44.2 Å². The number of hydrogen-bond donors (Lipinski definition) is 1. The highest BCUT2D eigenvalue weighted by molar-refractivity contribution is 5.83. The lowest BCUT2D eigenvalue weighted by atomic mass is 9.94. The Morgan fingerprint density at radius 1 is 1.35 bits per heavy atom. The second-order valence-electron chi connectivity index (χ2n) is 7.18. The van der Waals surface area contributed by atoms with E-state index in [0.29, 0.717) is 12.3 Å². The molecular weight excluding hydrogens is 326 g/mol. The van der Waals surface area contributed by atoms with Crippen molar-refractivity contribution in [2.24, 2.45) is 5.92 Å². The van der Waals surface area contributed by atoms with Crippen LogP contribution in [-0.4, -0.2) is 27.8 Å². The molecule has 1 aliphatic rings. The van der Waals surface area contributed by atoms with Crippen molar-refractivity contribution in [3.63, 3.8) is 0 Å². The molecule has 1 saturated carbocycles. The molecule has 5 heteroatoms. The van der Waals surface area contributed by atoms with E-state index in [9.17, 15) is 9.59 Å². The Labute approximate surface area is 154 Å². The van der Waals surface area contributed by atoms with E-state index < -0.39 is 0 Å². The molecule has 1 N–H and O–H groups in total. The van der Waals surface area contributed by atoms with Crippen molar-refractivity contribution in [1.82, 2.24) is 14.9 Å². The van der Waals surface area contributed by atoms with E-state index >= 15 is 0 Å². The maximum absolute atomic E-state index is 12.4. The molecule has 3 rings (SSSR count). The highest BCUT2D eigenvalue weighted by Crippen LogP contribution is 2.25. The van der Waals surface area contributed by atoms with E-state index in [1.807, 2.05) is 36.7 Å². The van der Waals surface area contributed by atoms with E-state index in [1.165, 1.54) is 5.56 Å². The highest BCUT2D eigenvalue weighted by atomic mass is 16.1. The summed E-state index contributed by atoms with van der Waals surface area (Å²) >= 11 is 0. The van der Waals surface area contributed by atoms with Gasteiger partial charge in [-0.3, -0.25) is 9.59 Å². The zero-order valence-corrected chi connectivity index (χ0v) is 15.6. The van der Waals surface area contributed by atoms with Crippen molar-refractivity contribution < 1.29 is 9.59 Å². The number of aromatic nitrogens is 2. The Bertz CT molecular complexity index is 764. The molecule has 1 heterocycles. The van der Waals surface area contributed by atoms with Gasteiger partial charge in [0.05, 0.1) is 5.92 Å². The molecule has 138 valence electrons. The van der Waals surface area contributed by atoms with Gasteiger partial charge in [-0.25, -0.2) is 4.98 Å². The number of aryl methyl sites for hydroxylation is 1. The molecule has 0 spiro atoms. The van der Waals surface area contributed by atoms with Crippen LogP contribution in [0.5, 0.6) is 0 Å². The number of hydrogen-bond acceptors (Lipinski definition) is 3. The minimum atomic E-state index is -0.193. The van der Waals surface area contributed by atoms with Gasteiger partial charge in [0.25, 0.3) is 0 Å². The molecule has 2 aromatic rings. The monoisotopic (exact) mass is 353 g/mol. The molecule has 1 aromatic heterocycles. The molecule has 5 nitrogen and oxygen atoms in total.